The molecule has 0 fully saturated rings. The minimum atomic E-state index is -0.431. The largest absolute Gasteiger partial charge is 0.346 e. The van der Waals surface area contributed by atoms with E-state index in [0.717, 1.165) is 38.1 Å². The Hall–Kier alpha value is -2.00. The molecule has 2 aromatic heterocycles. The van der Waals surface area contributed by atoms with Crippen LogP contribution in [0.15, 0.2) is 10.2 Å². The van der Waals surface area contributed by atoms with Crippen LogP contribution in [0.3, 0.4) is 0 Å². The van der Waals surface area contributed by atoms with Crippen LogP contribution in [0.2, 0.25) is 0 Å². The SMILES string of the molecule is NNC(=O)c1nc(Cn2nc3n(c2=O)CCCCC3)cs1. The highest BCUT2D eigenvalue weighted by Crippen LogP contribution is 2.12. The molecule has 1 aliphatic rings. The van der Waals surface area contributed by atoms with E-state index in [2.05, 4.69) is 10.1 Å². The van der Waals surface area contributed by atoms with E-state index in [-0.39, 0.29) is 17.2 Å². The number of carbonyl (C=O) groups excluding carboxylic acids is 1. The summed E-state index contributed by atoms with van der Waals surface area (Å²) in [5.74, 6) is 5.48. The Kier molecular flexibility index (Phi) is 3.84. The molecule has 3 N–H and O–H groups in total. The summed E-state index contributed by atoms with van der Waals surface area (Å²) in [6.07, 6.45) is 4.04. The Morgan fingerprint density at radius 3 is 3.10 bits per heavy atom. The number of hydrogen-bond acceptors (Lipinski definition) is 6. The van der Waals surface area contributed by atoms with E-state index in [4.69, 9.17) is 5.84 Å². The predicted molar refractivity (Wildman–Crippen MR) is 76.9 cm³/mol. The van der Waals surface area contributed by atoms with Gasteiger partial charge >= 0.3 is 5.69 Å². The first-order chi connectivity index (χ1) is 10.2. The lowest BCUT2D eigenvalue weighted by Crippen LogP contribution is -2.30. The van der Waals surface area contributed by atoms with Gasteiger partial charge in [-0.2, -0.15) is 5.10 Å². The third-order valence-electron chi connectivity index (χ3n) is 3.47. The second-order valence-electron chi connectivity index (χ2n) is 4.94. The van der Waals surface area contributed by atoms with Gasteiger partial charge in [-0.3, -0.25) is 14.8 Å². The first kappa shape index (κ1) is 14.0. The van der Waals surface area contributed by atoms with Crippen molar-refractivity contribution in [3.63, 3.8) is 0 Å². The zero-order valence-corrected chi connectivity index (χ0v) is 12.2. The standard InChI is InChI=1S/C12H16N6O2S/c13-15-10(19)11-14-8(7-21-11)6-18-12(20)17-5-3-1-2-4-9(17)16-18/h7H,1-6,13H2,(H,15,19). The maximum atomic E-state index is 12.3. The molecule has 0 unspecified atom stereocenters. The van der Waals surface area contributed by atoms with Crippen molar-refractivity contribution in [2.45, 2.75) is 38.8 Å². The van der Waals surface area contributed by atoms with Crippen molar-refractivity contribution >= 4 is 17.2 Å². The van der Waals surface area contributed by atoms with E-state index in [0.29, 0.717) is 5.69 Å². The predicted octanol–water partition coefficient (Wildman–Crippen LogP) is -0.121. The van der Waals surface area contributed by atoms with Crippen LogP contribution in [0, 0.1) is 0 Å². The monoisotopic (exact) mass is 308 g/mol. The highest BCUT2D eigenvalue weighted by atomic mass is 32.1. The van der Waals surface area contributed by atoms with Crippen molar-refractivity contribution < 1.29 is 4.79 Å². The molecule has 0 saturated carbocycles. The fraction of sp³-hybridized carbons (Fsp3) is 0.500. The maximum absolute atomic E-state index is 12.3. The van der Waals surface area contributed by atoms with Gasteiger partial charge in [0, 0.05) is 18.3 Å². The van der Waals surface area contributed by atoms with Crippen LogP contribution in [-0.4, -0.2) is 25.2 Å². The fourth-order valence-corrected chi connectivity index (χ4v) is 3.14. The molecule has 1 aliphatic heterocycles. The number of fused-ring (bicyclic) bond motifs is 1. The highest BCUT2D eigenvalue weighted by molar-refractivity contribution is 7.11. The van der Waals surface area contributed by atoms with E-state index >= 15 is 0 Å². The molecular weight excluding hydrogens is 292 g/mol. The Balaban J connectivity index is 1.84. The van der Waals surface area contributed by atoms with Gasteiger partial charge in [-0.05, 0) is 12.8 Å². The van der Waals surface area contributed by atoms with Crippen molar-refractivity contribution in [3.8, 4) is 0 Å². The number of nitrogen functional groups attached to an aromatic ring is 1. The second kappa shape index (κ2) is 5.78. The molecule has 3 heterocycles. The number of hydrogen-bond donors (Lipinski definition) is 2. The third kappa shape index (κ3) is 2.74. The molecule has 21 heavy (non-hydrogen) atoms. The van der Waals surface area contributed by atoms with Gasteiger partial charge in [-0.25, -0.2) is 20.3 Å². The van der Waals surface area contributed by atoms with Crippen molar-refractivity contribution in [2.24, 2.45) is 5.84 Å². The summed E-state index contributed by atoms with van der Waals surface area (Å²) >= 11 is 1.19. The molecule has 0 atom stereocenters. The minimum Gasteiger partial charge on any atom is -0.288 e. The summed E-state index contributed by atoms with van der Waals surface area (Å²) in [6.45, 7) is 0.999. The third-order valence-corrected chi connectivity index (χ3v) is 4.36. The lowest BCUT2D eigenvalue weighted by atomic mass is 10.2. The molecule has 0 aromatic carbocycles. The number of nitrogens with two attached hydrogens (primary N) is 1. The second-order valence-corrected chi connectivity index (χ2v) is 5.79. The van der Waals surface area contributed by atoms with Gasteiger partial charge in [0.25, 0.3) is 5.91 Å². The van der Waals surface area contributed by atoms with E-state index in [1.54, 1.807) is 9.95 Å². The molecule has 0 spiro atoms. The Bertz CT molecular complexity index is 716. The molecule has 0 radical (unpaired) electrons. The van der Waals surface area contributed by atoms with Crippen LogP contribution in [0.4, 0.5) is 0 Å². The van der Waals surface area contributed by atoms with Crippen LogP contribution >= 0.6 is 11.3 Å². The molecule has 0 bridgehead atoms. The molecular formula is C12H16N6O2S. The summed E-state index contributed by atoms with van der Waals surface area (Å²) in [5.41, 5.74) is 2.56. The van der Waals surface area contributed by atoms with Gasteiger partial charge in [-0.15, -0.1) is 11.3 Å². The summed E-state index contributed by atoms with van der Waals surface area (Å²) in [6, 6.07) is 0. The number of amides is 1. The van der Waals surface area contributed by atoms with Crippen LogP contribution < -0.4 is 17.0 Å². The zero-order valence-electron chi connectivity index (χ0n) is 11.4. The molecule has 0 aliphatic carbocycles. The summed E-state index contributed by atoms with van der Waals surface area (Å²) < 4.78 is 3.16. The van der Waals surface area contributed by atoms with Gasteiger partial charge in [0.15, 0.2) is 5.01 Å². The van der Waals surface area contributed by atoms with Gasteiger partial charge in [-0.1, -0.05) is 6.42 Å². The van der Waals surface area contributed by atoms with Gasteiger partial charge < -0.3 is 0 Å². The molecule has 9 heteroatoms. The maximum Gasteiger partial charge on any atom is 0.346 e. The average Bonchev–Trinajstić information content (AvgIpc) is 2.97. The molecule has 8 nitrogen and oxygen atoms in total. The summed E-state index contributed by atoms with van der Waals surface area (Å²) in [7, 11) is 0. The van der Waals surface area contributed by atoms with Crippen LogP contribution in [0.1, 0.15) is 40.6 Å². The summed E-state index contributed by atoms with van der Waals surface area (Å²) in [5, 5.41) is 6.40. The topological polar surface area (TPSA) is 108 Å². The van der Waals surface area contributed by atoms with E-state index in [1.807, 2.05) is 5.43 Å². The zero-order chi connectivity index (χ0) is 14.8. The van der Waals surface area contributed by atoms with E-state index < -0.39 is 5.91 Å². The molecule has 0 saturated heterocycles. The summed E-state index contributed by atoms with van der Waals surface area (Å²) in [4.78, 5) is 27.8. The fourth-order valence-electron chi connectivity index (χ4n) is 2.43. The Morgan fingerprint density at radius 2 is 2.29 bits per heavy atom. The Labute approximate surface area is 124 Å². The number of carbonyl (C=O) groups is 1. The number of aryl methyl sites for hydroxylation is 1. The lowest BCUT2D eigenvalue weighted by molar-refractivity contribution is 0.0953. The van der Waals surface area contributed by atoms with Crippen LogP contribution in [0.5, 0.6) is 0 Å². The van der Waals surface area contributed by atoms with E-state index in [9.17, 15) is 9.59 Å². The highest BCUT2D eigenvalue weighted by Gasteiger charge is 2.17. The van der Waals surface area contributed by atoms with E-state index in [1.165, 1.54) is 16.0 Å². The number of aromatic nitrogens is 4. The van der Waals surface area contributed by atoms with Crippen molar-refractivity contribution in [2.75, 3.05) is 0 Å². The lowest BCUT2D eigenvalue weighted by Gasteiger charge is -1.98. The first-order valence-electron chi connectivity index (χ1n) is 6.81. The van der Waals surface area contributed by atoms with Crippen LogP contribution in [0.25, 0.3) is 0 Å². The quantitative estimate of drug-likeness (QED) is 0.467. The smallest absolute Gasteiger partial charge is 0.288 e. The van der Waals surface area contributed by atoms with Crippen molar-refractivity contribution in [1.29, 1.82) is 0 Å². The molecule has 1 amide bonds. The number of nitrogens with zero attached hydrogens (tertiary/aromatic N) is 4. The number of rotatable bonds is 3. The number of nitrogens with one attached hydrogen (secondary N) is 1. The van der Waals surface area contributed by atoms with Gasteiger partial charge in [0.1, 0.15) is 5.82 Å². The average molecular weight is 308 g/mol. The van der Waals surface area contributed by atoms with Crippen LogP contribution in [-0.2, 0) is 19.5 Å². The number of thiazole rings is 1. The normalized spacial score (nSPS) is 14.5. The molecule has 2 aromatic rings. The van der Waals surface area contributed by atoms with Gasteiger partial charge in [0.05, 0.1) is 12.2 Å². The minimum absolute atomic E-state index is 0.107. The Morgan fingerprint density at radius 1 is 1.43 bits per heavy atom. The van der Waals surface area contributed by atoms with Gasteiger partial charge in [0.2, 0.25) is 0 Å². The molecule has 112 valence electrons. The number of hydrazine groups is 1. The molecule has 3 rings (SSSR count). The first-order valence-corrected chi connectivity index (χ1v) is 7.69. The van der Waals surface area contributed by atoms with Crippen molar-refractivity contribution in [3.05, 3.63) is 32.4 Å². The van der Waals surface area contributed by atoms with Crippen molar-refractivity contribution in [1.82, 2.24) is 24.8 Å².